The van der Waals surface area contributed by atoms with Crippen molar-refractivity contribution < 1.29 is 14.6 Å². The Morgan fingerprint density at radius 1 is 1.50 bits per heavy atom. The summed E-state index contributed by atoms with van der Waals surface area (Å²) in [6.07, 6.45) is 6.97. The number of hydrogen-bond acceptors (Lipinski definition) is 3. The van der Waals surface area contributed by atoms with E-state index in [9.17, 15) is 4.79 Å². The Morgan fingerprint density at radius 2 is 2.22 bits per heavy atom. The lowest BCUT2D eigenvalue weighted by atomic mass is 9.87. The van der Waals surface area contributed by atoms with Gasteiger partial charge in [0.15, 0.2) is 0 Å². The van der Waals surface area contributed by atoms with Crippen LogP contribution in [0.2, 0.25) is 0 Å². The fourth-order valence-corrected chi connectivity index (χ4v) is 2.43. The highest BCUT2D eigenvalue weighted by Crippen LogP contribution is 2.26. The molecule has 5 nitrogen and oxygen atoms in total. The van der Waals surface area contributed by atoms with Crippen molar-refractivity contribution in [3.63, 3.8) is 0 Å². The van der Waals surface area contributed by atoms with Gasteiger partial charge in [-0.1, -0.05) is 0 Å². The number of carboxylic acids is 1. The van der Waals surface area contributed by atoms with Gasteiger partial charge in [0.25, 0.3) is 0 Å². The fraction of sp³-hybridized carbons (Fsp3) is 0.692. The van der Waals surface area contributed by atoms with Crippen molar-refractivity contribution in [1.82, 2.24) is 9.55 Å². The zero-order valence-electron chi connectivity index (χ0n) is 10.7. The summed E-state index contributed by atoms with van der Waals surface area (Å²) in [5.41, 5.74) is 1.08. The molecule has 2 rings (SSSR count). The van der Waals surface area contributed by atoms with E-state index in [1.807, 2.05) is 6.20 Å². The first-order valence-corrected chi connectivity index (χ1v) is 6.54. The van der Waals surface area contributed by atoms with Crippen LogP contribution in [-0.2, 0) is 22.7 Å². The third kappa shape index (κ3) is 3.10. The number of imidazole rings is 1. The number of ether oxygens (including phenoxy) is 1. The van der Waals surface area contributed by atoms with Gasteiger partial charge in [-0.3, -0.25) is 4.79 Å². The molecule has 18 heavy (non-hydrogen) atoms. The molecule has 0 spiro atoms. The normalized spacial score (nSPS) is 24.1. The Balaban J connectivity index is 1.77. The molecule has 1 aliphatic rings. The number of aryl methyl sites for hydroxylation is 1. The molecule has 1 aliphatic carbocycles. The van der Waals surface area contributed by atoms with Gasteiger partial charge >= 0.3 is 5.97 Å². The number of hydrogen-bond donors (Lipinski definition) is 1. The van der Waals surface area contributed by atoms with Crippen LogP contribution in [0.4, 0.5) is 0 Å². The molecular weight excluding hydrogens is 232 g/mol. The van der Waals surface area contributed by atoms with Gasteiger partial charge in [0.05, 0.1) is 36.8 Å². The average Bonchev–Trinajstić information content (AvgIpc) is 2.84. The van der Waals surface area contributed by atoms with Crippen molar-refractivity contribution in [1.29, 1.82) is 0 Å². The number of nitrogens with zero attached hydrogens (tertiary/aromatic N) is 2. The second-order valence-corrected chi connectivity index (χ2v) is 4.79. The molecule has 1 aromatic heterocycles. The van der Waals surface area contributed by atoms with Crippen LogP contribution >= 0.6 is 0 Å². The molecule has 0 atom stereocenters. The van der Waals surface area contributed by atoms with Crippen molar-refractivity contribution in [2.75, 3.05) is 0 Å². The lowest BCUT2D eigenvalue weighted by Gasteiger charge is -2.26. The summed E-state index contributed by atoms with van der Waals surface area (Å²) in [5, 5.41) is 8.92. The first-order chi connectivity index (χ1) is 8.70. The minimum absolute atomic E-state index is 0.175. The Labute approximate surface area is 107 Å². The van der Waals surface area contributed by atoms with E-state index in [1.165, 1.54) is 0 Å². The van der Waals surface area contributed by atoms with E-state index in [0.717, 1.165) is 37.9 Å². The number of carbonyl (C=O) groups is 1. The molecule has 1 N–H and O–H groups in total. The van der Waals surface area contributed by atoms with Gasteiger partial charge in [-0.15, -0.1) is 0 Å². The van der Waals surface area contributed by atoms with Crippen molar-refractivity contribution >= 4 is 5.97 Å². The van der Waals surface area contributed by atoms with Crippen LogP contribution in [0.15, 0.2) is 12.5 Å². The summed E-state index contributed by atoms with van der Waals surface area (Å²) in [6, 6.07) is 0. The first-order valence-electron chi connectivity index (χ1n) is 6.54. The monoisotopic (exact) mass is 252 g/mol. The number of aliphatic carboxylic acids is 1. The highest BCUT2D eigenvalue weighted by molar-refractivity contribution is 5.70. The molecule has 0 radical (unpaired) electrons. The van der Waals surface area contributed by atoms with Gasteiger partial charge in [-0.2, -0.15) is 0 Å². The Kier molecular flexibility index (Phi) is 4.36. The quantitative estimate of drug-likeness (QED) is 0.871. The van der Waals surface area contributed by atoms with Crippen LogP contribution in [-0.4, -0.2) is 26.7 Å². The Hall–Kier alpha value is -1.36. The van der Waals surface area contributed by atoms with Crippen molar-refractivity contribution in [2.24, 2.45) is 5.92 Å². The summed E-state index contributed by atoms with van der Waals surface area (Å²) in [7, 11) is 0. The van der Waals surface area contributed by atoms with Crippen LogP contribution in [0.3, 0.4) is 0 Å². The topological polar surface area (TPSA) is 64.4 Å². The van der Waals surface area contributed by atoms with E-state index in [2.05, 4.69) is 16.5 Å². The number of rotatable bonds is 5. The van der Waals surface area contributed by atoms with Gasteiger partial charge in [-0.25, -0.2) is 4.98 Å². The maximum atomic E-state index is 10.8. The van der Waals surface area contributed by atoms with Crippen LogP contribution in [0.25, 0.3) is 0 Å². The molecule has 1 aromatic rings. The van der Waals surface area contributed by atoms with E-state index >= 15 is 0 Å². The van der Waals surface area contributed by atoms with Crippen molar-refractivity contribution in [2.45, 2.75) is 51.9 Å². The van der Waals surface area contributed by atoms with E-state index in [-0.39, 0.29) is 12.0 Å². The Morgan fingerprint density at radius 3 is 2.83 bits per heavy atom. The smallest absolute Gasteiger partial charge is 0.306 e. The van der Waals surface area contributed by atoms with E-state index in [4.69, 9.17) is 9.84 Å². The second-order valence-electron chi connectivity index (χ2n) is 4.79. The maximum absolute atomic E-state index is 10.8. The standard InChI is InChI=1S/C13H20N2O3/c1-2-15-9-14-7-11(15)8-18-12-5-3-10(4-6-12)13(16)17/h7,9-10,12H,2-6,8H2,1H3,(H,16,17). The summed E-state index contributed by atoms with van der Waals surface area (Å²) in [6.45, 7) is 3.53. The minimum atomic E-state index is -0.669. The molecule has 0 bridgehead atoms. The van der Waals surface area contributed by atoms with Gasteiger partial charge in [0.1, 0.15) is 0 Å². The molecular formula is C13H20N2O3. The zero-order valence-corrected chi connectivity index (χ0v) is 10.7. The van der Waals surface area contributed by atoms with Gasteiger partial charge < -0.3 is 14.4 Å². The predicted octanol–water partition coefficient (Wildman–Crippen LogP) is 2.06. The highest BCUT2D eigenvalue weighted by atomic mass is 16.5. The predicted molar refractivity (Wildman–Crippen MR) is 66.1 cm³/mol. The third-order valence-electron chi connectivity index (χ3n) is 3.63. The van der Waals surface area contributed by atoms with E-state index in [0.29, 0.717) is 6.61 Å². The molecule has 0 aliphatic heterocycles. The summed E-state index contributed by atoms with van der Waals surface area (Å²) >= 11 is 0. The maximum Gasteiger partial charge on any atom is 0.306 e. The average molecular weight is 252 g/mol. The van der Waals surface area contributed by atoms with E-state index in [1.54, 1.807) is 6.33 Å². The van der Waals surface area contributed by atoms with Gasteiger partial charge in [0.2, 0.25) is 0 Å². The van der Waals surface area contributed by atoms with Crippen molar-refractivity contribution in [3.05, 3.63) is 18.2 Å². The van der Waals surface area contributed by atoms with Gasteiger partial charge in [-0.05, 0) is 32.6 Å². The Bertz CT molecular complexity index is 395. The van der Waals surface area contributed by atoms with Crippen molar-refractivity contribution in [3.8, 4) is 0 Å². The zero-order chi connectivity index (χ0) is 13.0. The summed E-state index contributed by atoms with van der Waals surface area (Å²) in [4.78, 5) is 14.9. The molecule has 0 amide bonds. The molecule has 100 valence electrons. The van der Waals surface area contributed by atoms with Gasteiger partial charge in [0, 0.05) is 6.54 Å². The molecule has 5 heteroatoms. The second kappa shape index (κ2) is 6.00. The van der Waals surface area contributed by atoms with Crippen LogP contribution in [0.1, 0.15) is 38.3 Å². The molecule has 0 aromatic carbocycles. The van der Waals surface area contributed by atoms with Crippen LogP contribution < -0.4 is 0 Å². The van der Waals surface area contributed by atoms with Crippen LogP contribution in [0.5, 0.6) is 0 Å². The number of aromatic nitrogens is 2. The molecule has 0 saturated heterocycles. The lowest BCUT2D eigenvalue weighted by molar-refractivity contribution is -0.143. The van der Waals surface area contributed by atoms with Crippen LogP contribution in [0, 0.1) is 5.92 Å². The molecule has 1 fully saturated rings. The third-order valence-corrected chi connectivity index (χ3v) is 3.63. The lowest BCUT2D eigenvalue weighted by Crippen LogP contribution is -2.26. The summed E-state index contributed by atoms with van der Waals surface area (Å²) in [5.74, 6) is -0.844. The summed E-state index contributed by atoms with van der Waals surface area (Å²) < 4.78 is 7.90. The molecule has 1 saturated carbocycles. The SMILES string of the molecule is CCn1cncc1COC1CCC(C(=O)O)CC1. The molecule has 0 unspecified atom stereocenters. The minimum Gasteiger partial charge on any atom is -0.481 e. The molecule has 1 heterocycles. The highest BCUT2D eigenvalue weighted by Gasteiger charge is 2.26. The first kappa shape index (κ1) is 13.1. The largest absolute Gasteiger partial charge is 0.481 e. The van der Waals surface area contributed by atoms with E-state index < -0.39 is 5.97 Å². The number of carboxylic acid groups (broad SMARTS) is 1. The fourth-order valence-electron chi connectivity index (χ4n) is 2.43.